The van der Waals surface area contributed by atoms with Crippen molar-refractivity contribution < 1.29 is 9.50 Å². The molecule has 35 heavy (non-hydrogen) atoms. The van der Waals surface area contributed by atoms with Crippen molar-refractivity contribution >= 4 is 27.5 Å². The second-order valence-corrected chi connectivity index (χ2v) is 8.81. The minimum Gasteiger partial charge on any atom is -0.508 e. The molecule has 0 bridgehead atoms. The van der Waals surface area contributed by atoms with Gasteiger partial charge in [-0.2, -0.15) is 5.10 Å². The number of phenolic OH excluding ortho intramolecular Hbond substituents is 1. The number of benzene rings is 3. The predicted octanol–water partition coefficient (Wildman–Crippen LogP) is 6.35. The number of halogens is 1. The van der Waals surface area contributed by atoms with Crippen LogP contribution in [0.2, 0.25) is 0 Å². The largest absolute Gasteiger partial charge is 0.508 e. The topological polar surface area (TPSA) is 80.8 Å². The number of nitrogens with one attached hydrogen (secondary N) is 2. The van der Waals surface area contributed by atoms with E-state index in [0.29, 0.717) is 5.56 Å². The zero-order valence-corrected chi connectivity index (χ0v) is 19.2. The molecule has 3 aromatic heterocycles. The quantitative estimate of drug-likeness (QED) is 0.285. The van der Waals surface area contributed by atoms with Gasteiger partial charge in [-0.15, -0.1) is 0 Å². The van der Waals surface area contributed by atoms with E-state index in [2.05, 4.69) is 38.4 Å². The predicted molar refractivity (Wildman–Crippen MR) is 138 cm³/mol. The van der Waals surface area contributed by atoms with E-state index in [1.807, 2.05) is 61.7 Å². The van der Waals surface area contributed by atoms with Crippen LogP contribution in [0.3, 0.4) is 0 Å². The van der Waals surface area contributed by atoms with Gasteiger partial charge in [0, 0.05) is 48.2 Å². The van der Waals surface area contributed by atoms with Crippen LogP contribution in [0.4, 0.5) is 10.1 Å². The van der Waals surface area contributed by atoms with E-state index in [0.717, 1.165) is 61.6 Å². The fourth-order valence-corrected chi connectivity index (χ4v) is 4.49. The molecule has 3 N–H and O–H groups in total. The lowest BCUT2D eigenvalue weighted by atomic mass is 10.0. The van der Waals surface area contributed by atoms with E-state index in [1.165, 1.54) is 6.07 Å². The smallest absolute Gasteiger partial charge is 0.127 e. The molecule has 0 atom stereocenters. The van der Waals surface area contributed by atoms with Crippen LogP contribution in [0.1, 0.15) is 0 Å². The van der Waals surface area contributed by atoms with Crippen molar-refractivity contribution in [2.24, 2.45) is 0 Å². The molecule has 0 amide bonds. The van der Waals surface area contributed by atoms with E-state index < -0.39 is 5.82 Å². The van der Waals surface area contributed by atoms with Gasteiger partial charge in [0.1, 0.15) is 17.3 Å². The monoisotopic (exact) mass is 463 g/mol. The summed E-state index contributed by atoms with van der Waals surface area (Å²) in [5.74, 6) is -0.585. The summed E-state index contributed by atoms with van der Waals surface area (Å²) in [6.45, 7) is 0. The molecule has 3 heterocycles. The lowest BCUT2D eigenvalue weighted by molar-refractivity contribution is 0.469. The molecule has 0 aliphatic carbocycles. The summed E-state index contributed by atoms with van der Waals surface area (Å²) in [6, 6.07) is 20.2. The molecule has 7 heteroatoms. The van der Waals surface area contributed by atoms with Crippen molar-refractivity contribution in [1.82, 2.24) is 20.2 Å². The third-order valence-electron chi connectivity index (χ3n) is 6.25. The number of hydrogen-bond donors (Lipinski definition) is 3. The fourth-order valence-electron chi connectivity index (χ4n) is 4.49. The maximum atomic E-state index is 14.0. The number of hydrogen-bond acceptors (Lipinski definition) is 4. The van der Waals surface area contributed by atoms with E-state index >= 15 is 0 Å². The number of rotatable bonds is 4. The van der Waals surface area contributed by atoms with Gasteiger partial charge in [-0.3, -0.25) is 10.1 Å². The Morgan fingerprint density at radius 2 is 1.71 bits per heavy atom. The molecule has 0 saturated heterocycles. The molecule has 6 aromatic rings. The van der Waals surface area contributed by atoms with Gasteiger partial charge >= 0.3 is 0 Å². The first-order valence-corrected chi connectivity index (χ1v) is 11.2. The van der Waals surface area contributed by atoms with Crippen molar-refractivity contribution in [3.05, 3.63) is 84.9 Å². The van der Waals surface area contributed by atoms with Crippen LogP contribution in [0, 0.1) is 5.82 Å². The normalized spacial score (nSPS) is 11.4. The van der Waals surface area contributed by atoms with E-state index in [4.69, 9.17) is 0 Å². The maximum Gasteiger partial charge on any atom is 0.127 e. The number of anilines is 1. The highest BCUT2D eigenvalue weighted by Gasteiger charge is 2.15. The third kappa shape index (κ3) is 3.67. The highest BCUT2D eigenvalue weighted by Crippen LogP contribution is 2.36. The summed E-state index contributed by atoms with van der Waals surface area (Å²) in [4.78, 5) is 9.88. The number of nitrogens with zero attached hydrogens (tertiary/aromatic N) is 3. The van der Waals surface area contributed by atoms with Crippen LogP contribution < -0.4 is 4.90 Å². The average Bonchev–Trinajstić information content (AvgIpc) is 3.47. The lowest BCUT2D eigenvalue weighted by Crippen LogP contribution is -2.08. The van der Waals surface area contributed by atoms with Gasteiger partial charge < -0.3 is 15.0 Å². The Labute approximate surface area is 200 Å². The number of aromatic nitrogens is 4. The summed E-state index contributed by atoms with van der Waals surface area (Å²) in [5.41, 5.74) is 8.00. The molecule has 0 fully saturated rings. The van der Waals surface area contributed by atoms with Gasteiger partial charge in [-0.05, 0) is 59.2 Å². The van der Waals surface area contributed by atoms with E-state index in [9.17, 15) is 9.50 Å². The third-order valence-corrected chi connectivity index (χ3v) is 6.25. The number of aromatic hydroxyl groups is 1. The van der Waals surface area contributed by atoms with E-state index in [1.54, 1.807) is 6.07 Å². The van der Waals surface area contributed by atoms with Gasteiger partial charge in [0.15, 0.2) is 0 Å². The van der Waals surface area contributed by atoms with Gasteiger partial charge in [0.25, 0.3) is 0 Å². The molecule has 0 unspecified atom stereocenters. The molecule has 0 saturated carbocycles. The maximum absolute atomic E-state index is 14.0. The SMILES string of the molecule is CN(C)c1cncc(-c2ccc3[nH]nc(-c4cc5c(-c6cc(O)cc(F)c6)cccc5[nH]4)c3c2)c1. The molecular weight excluding hydrogens is 441 g/mol. The molecule has 3 aromatic carbocycles. The number of aromatic amines is 2. The first-order valence-electron chi connectivity index (χ1n) is 11.2. The zero-order valence-electron chi connectivity index (χ0n) is 19.2. The Bertz CT molecular complexity index is 1700. The Morgan fingerprint density at radius 1 is 0.829 bits per heavy atom. The molecule has 0 spiro atoms. The number of fused-ring (bicyclic) bond motifs is 2. The Morgan fingerprint density at radius 3 is 2.54 bits per heavy atom. The summed E-state index contributed by atoms with van der Waals surface area (Å²) < 4.78 is 14.0. The Kier molecular flexibility index (Phi) is 4.77. The molecule has 6 rings (SSSR count). The van der Waals surface area contributed by atoms with E-state index in [-0.39, 0.29) is 5.75 Å². The molecule has 172 valence electrons. The van der Waals surface area contributed by atoms with Gasteiger partial charge in [-0.1, -0.05) is 18.2 Å². The average molecular weight is 464 g/mol. The van der Waals surface area contributed by atoms with Gasteiger partial charge in [0.05, 0.1) is 23.1 Å². The summed E-state index contributed by atoms with van der Waals surface area (Å²) >= 11 is 0. The number of H-pyrrole nitrogens is 2. The van der Waals surface area contributed by atoms with Crippen molar-refractivity contribution in [2.45, 2.75) is 0 Å². The highest BCUT2D eigenvalue weighted by atomic mass is 19.1. The summed E-state index contributed by atoms with van der Waals surface area (Å²) in [5, 5.41) is 19.5. The molecular formula is C28H22FN5O. The second kappa shape index (κ2) is 7.99. The minimum absolute atomic E-state index is 0.105. The van der Waals surface area contributed by atoms with Crippen LogP contribution >= 0.6 is 0 Å². The summed E-state index contributed by atoms with van der Waals surface area (Å²) in [6.07, 6.45) is 3.70. The zero-order chi connectivity index (χ0) is 24.1. The number of pyridine rings is 1. The molecule has 0 aliphatic rings. The summed E-state index contributed by atoms with van der Waals surface area (Å²) in [7, 11) is 3.99. The first kappa shape index (κ1) is 20.9. The van der Waals surface area contributed by atoms with Crippen molar-refractivity contribution in [3.8, 4) is 39.4 Å². The fraction of sp³-hybridized carbons (Fsp3) is 0.0714. The van der Waals surface area contributed by atoms with Gasteiger partial charge in [-0.25, -0.2) is 4.39 Å². The van der Waals surface area contributed by atoms with Crippen LogP contribution in [0.15, 0.2) is 79.1 Å². The van der Waals surface area contributed by atoms with Crippen molar-refractivity contribution in [3.63, 3.8) is 0 Å². The highest BCUT2D eigenvalue weighted by molar-refractivity contribution is 6.02. The standard InChI is InChI=1S/C28H22FN5O/c1-34(2)20-9-18(14-30-15-20)16-6-7-26-24(11-16)28(33-32-26)27-13-23-22(4-3-5-25(23)31-27)17-8-19(29)12-21(35)10-17/h3-15,31,35H,1-2H3,(H,32,33). The van der Waals surface area contributed by atoms with Crippen molar-refractivity contribution in [2.75, 3.05) is 19.0 Å². The minimum atomic E-state index is -0.480. The van der Waals surface area contributed by atoms with Crippen LogP contribution in [0.5, 0.6) is 5.75 Å². The first-order chi connectivity index (χ1) is 17.0. The lowest BCUT2D eigenvalue weighted by Gasteiger charge is -2.13. The molecule has 0 aliphatic heterocycles. The second-order valence-electron chi connectivity index (χ2n) is 8.81. The molecule has 6 nitrogen and oxygen atoms in total. The Hall–Kier alpha value is -4.65. The number of phenols is 1. The van der Waals surface area contributed by atoms with Crippen LogP contribution in [0.25, 0.3) is 55.4 Å². The van der Waals surface area contributed by atoms with Gasteiger partial charge in [0.2, 0.25) is 0 Å². The van der Waals surface area contributed by atoms with Crippen LogP contribution in [-0.4, -0.2) is 39.4 Å². The van der Waals surface area contributed by atoms with Crippen molar-refractivity contribution in [1.29, 1.82) is 0 Å². The molecule has 0 radical (unpaired) electrons. The Balaban J connectivity index is 1.48. The van der Waals surface area contributed by atoms with Crippen LogP contribution in [-0.2, 0) is 0 Å².